The Labute approximate surface area is 90.3 Å². The van der Waals surface area contributed by atoms with Crippen molar-refractivity contribution < 1.29 is 9.13 Å². The van der Waals surface area contributed by atoms with Crippen LogP contribution in [0.2, 0.25) is 0 Å². The third kappa shape index (κ3) is 2.49. The Kier molecular flexibility index (Phi) is 2.45. The molecule has 1 aromatic carbocycles. The zero-order chi connectivity index (χ0) is 11.1. The highest BCUT2D eigenvalue weighted by Gasteiger charge is 2.27. The largest absolute Gasteiger partial charge is 0.490 e. The molecule has 15 heavy (non-hydrogen) atoms. The summed E-state index contributed by atoms with van der Waals surface area (Å²) in [7, 11) is 0. The maximum Gasteiger partial charge on any atom is 0.126 e. The quantitative estimate of drug-likeness (QED) is 0.720. The highest BCUT2D eigenvalue weighted by Crippen LogP contribution is 2.35. The molecule has 0 bridgehead atoms. The standard InChI is InChI=1S/C13H17FO/c1-13(2,3)11-7-4-9(14)8-12(11)15-10-5-6-10/h4,7-8,10H,5-6H2,1-3H3. The predicted molar refractivity (Wildman–Crippen MR) is 58.8 cm³/mol. The molecule has 1 fully saturated rings. The predicted octanol–water partition coefficient (Wildman–Crippen LogP) is 3.66. The average molecular weight is 208 g/mol. The lowest BCUT2D eigenvalue weighted by atomic mass is 9.86. The third-order valence-electron chi connectivity index (χ3n) is 2.57. The van der Waals surface area contributed by atoms with Crippen LogP contribution < -0.4 is 4.74 Å². The minimum absolute atomic E-state index is 0.00206. The van der Waals surface area contributed by atoms with E-state index in [1.54, 1.807) is 0 Å². The number of hydrogen-bond donors (Lipinski definition) is 0. The molecule has 1 aliphatic carbocycles. The normalized spacial score (nSPS) is 16.5. The molecule has 0 aromatic heterocycles. The molecule has 0 unspecified atom stereocenters. The van der Waals surface area contributed by atoms with Gasteiger partial charge in [0.15, 0.2) is 0 Å². The van der Waals surface area contributed by atoms with Gasteiger partial charge in [-0.05, 0) is 29.9 Å². The molecule has 1 nitrogen and oxygen atoms in total. The topological polar surface area (TPSA) is 9.23 Å². The van der Waals surface area contributed by atoms with Crippen LogP contribution in [-0.4, -0.2) is 6.10 Å². The van der Waals surface area contributed by atoms with Gasteiger partial charge in [-0.1, -0.05) is 26.8 Å². The summed E-state index contributed by atoms with van der Waals surface area (Å²) in [6.45, 7) is 6.33. The second-order valence-electron chi connectivity index (χ2n) is 5.21. The molecule has 2 rings (SSSR count). The second-order valence-corrected chi connectivity index (χ2v) is 5.21. The van der Waals surface area contributed by atoms with E-state index in [1.165, 1.54) is 12.1 Å². The minimum Gasteiger partial charge on any atom is -0.490 e. The van der Waals surface area contributed by atoms with Crippen LogP contribution >= 0.6 is 0 Å². The van der Waals surface area contributed by atoms with E-state index >= 15 is 0 Å². The second kappa shape index (κ2) is 3.51. The molecule has 0 atom stereocenters. The van der Waals surface area contributed by atoms with Gasteiger partial charge in [0.25, 0.3) is 0 Å². The fourth-order valence-corrected chi connectivity index (χ4v) is 1.58. The van der Waals surface area contributed by atoms with Gasteiger partial charge in [0.05, 0.1) is 6.10 Å². The van der Waals surface area contributed by atoms with Crippen LogP contribution in [0.25, 0.3) is 0 Å². The summed E-state index contributed by atoms with van der Waals surface area (Å²) < 4.78 is 18.8. The van der Waals surface area contributed by atoms with Crippen molar-refractivity contribution in [2.24, 2.45) is 0 Å². The van der Waals surface area contributed by atoms with Gasteiger partial charge in [-0.15, -0.1) is 0 Å². The van der Waals surface area contributed by atoms with E-state index in [9.17, 15) is 4.39 Å². The number of ether oxygens (including phenoxy) is 1. The van der Waals surface area contributed by atoms with E-state index in [4.69, 9.17) is 4.74 Å². The molecule has 0 amide bonds. The van der Waals surface area contributed by atoms with Crippen LogP contribution in [0.3, 0.4) is 0 Å². The number of rotatable bonds is 2. The fraction of sp³-hybridized carbons (Fsp3) is 0.538. The Morgan fingerprint density at radius 1 is 1.27 bits per heavy atom. The molecule has 82 valence electrons. The first-order valence-corrected chi connectivity index (χ1v) is 5.43. The highest BCUT2D eigenvalue weighted by atomic mass is 19.1. The molecule has 1 aromatic rings. The number of hydrogen-bond acceptors (Lipinski definition) is 1. The van der Waals surface area contributed by atoms with Crippen molar-refractivity contribution in [1.82, 2.24) is 0 Å². The maximum absolute atomic E-state index is 13.1. The summed E-state index contributed by atoms with van der Waals surface area (Å²) in [5.74, 6) is 0.489. The van der Waals surface area contributed by atoms with Crippen LogP contribution in [0.1, 0.15) is 39.2 Å². The van der Waals surface area contributed by atoms with Crippen LogP contribution in [0.15, 0.2) is 18.2 Å². The van der Waals surface area contributed by atoms with E-state index in [2.05, 4.69) is 20.8 Å². The Morgan fingerprint density at radius 3 is 2.47 bits per heavy atom. The molecule has 2 heteroatoms. The molecular formula is C13H17FO. The molecule has 0 spiro atoms. The first-order valence-electron chi connectivity index (χ1n) is 5.43. The van der Waals surface area contributed by atoms with E-state index in [0.717, 1.165) is 18.4 Å². The van der Waals surface area contributed by atoms with Gasteiger partial charge in [-0.2, -0.15) is 0 Å². The van der Waals surface area contributed by atoms with Crippen molar-refractivity contribution in [1.29, 1.82) is 0 Å². The lowest BCUT2D eigenvalue weighted by Crippen LogP contribution is -2.14. The number of halogens is 1. The molecule has 0 aliphatic heterocycles. The van der Waals surface area contributed by atoms with E-state index in [1.807, 2.05) is 6.07 Å². The number of benzene rings is 1. The highest BCUT2D eigenvalue weighted by molar-refractivity contribution is 5.39. The van der Waals surface area contributed by atoms with E-state index in [0.29, 0.717) is 11.9 Å². The van der Waals surface area contributed by atoms with Gasteiger partial charge in [-0.25, -0.2) is 4.39 Å². The molecule has 0 heterocycles. The van der Waals surface area contributed by atoms with Crippen molar-refractivity contribution in [3.63, 3.8) is 0 Å². The Hall–Kier alpha value is -1.05. The first-order chi connectivity index (χ1) is 6.97. The Morgan fingerprint density at radius 2 is 1.93 bits per heavy atom. The van der Waals surface area contributed by atoms with Gasteiger partial charge in [0.1, 0.15) is 11.6 Å². The average Bonchev–Trinajstić information content (AvgIpc) is 2.85. The van der Waals surface area contributed by atoms with Crippen molar-refractivity contribution in [2.45, 2.75) is 45.1 Å². The van der Waals surface area contributed by atoms with Crippen LogP contribution in [-0.2, 0) is 5.41 Å². The molecule has 1 saturated carbocycles. The fourth-order valence-electron chi connectivity index (χ4n) is 1.58. The monoisotopic (exact) mass is 208 g/mol. The van der Waals surface area contributed by atoms with Crippen LogP contribution in [0, 0.1) is 5.82 Å². The molecular weight excluding hydrogens is 191 g/mol. The molecule has 0 N–H and O–H groups in total. The maximum atomic E-state index is 13.1. The molecule has 0 radical (unpaired) electrons. The van der Waals surface area contributed by atoms with Gasteiger partial charge in [0, 0.05) is 6.07 Å². The lowest BCUT2D eigenvalue weighted by molar-refractivity contribution is 0.293. The molecule has 0 saturated heterocycles. The zero-order valence-corrected chi connectivity index (χ0v) is 9.51. The van der Waals surface area contributed by atoms with Crippen molar-refractivity contribution in [3.05, 3.63) is 29.6 Å². The summed E-state index contributed by atoms with van der Waals surface area (Å²) in [4.78, 5) is 0. The summed E-state index contributed by atoms with van der Waals surface area (Å²) in [6, 6.07) is 4.83. The lowest BCUT2D eigenvalue weighted by Gasteiger charge is -2.22. The Bertz CT molecular complexity index is 361. The minimum atomic E-state index is -0.223. The Balaban J connectivity index is 2.34. The van der Waals surface area contributed by atoms with Crippen LogP contribution in [0.5, 0.6) is 5.75 Å². The smallest absolute Gasteiger partial charge is 0.126 e. The van der Waals surface area contributed by atoms with Crippen molar-refractivity contribution >= 4 is 0 Å². The SMILES string of the molecule is CC(C)(C)c1ccc(F)cc1OC1CC1. The zero-order valence-electron chi connectivity index (χ0n) is 9.51. The summed E-state index contributed by atoms with van der Waals surface area (Å²) >= 11 is 0. The third-order valence-corrected chi connectivity index (χ3v) is 2.57. The summed E-state index contributed by atoms with van der Waals surface area (Å²) in [6.07, 6.45) is 2.51. The van der Waals surface area contributed by atoms with Crippen molar-refractivity contribution in [2.75, 3.05) is 0 Å². The summed E-state index contributed by atoms with van der Waals surface area (Å²) in [5, 5.41) is 0. The summed E-state index contributed by atoms with van der Waals surface area (Å²) in [5.41, 5.74) is 1.08. The molecule has 1 aliphatic rings. The van der Waals surface area contributed by atoms with E-state index in [-0.39, 0.29) is 11.2 Å². The van der Waals surface area contributed by atoms with Crippen molar-refractivity contribution in [3.8, 4) is 5.75 Å². The van der Waals surface area contributed by atoms with Gasteiger partial charge in [0.2, 0.25) is 0 Å². The van der Waals surface area contributed by atoms with Crippen LogP contribution in [0.4, 0.5) is 4.39 Å². The van der Waals surface area contributed by atoms with Gasteiger partial charge in [-0.3, -0.25) is 0 Å². The first kappa shape index (κ1) is 10.5. The van der Waals surface area contributed by atoms with Gasteiger partial charge < -0.3 is 4.74 Å². The van der Waals surface area contributed by atoms with E-state index < -0.39 is 0 Å². The van der Waals surface area contributed by atoms with Gasteiger partial charge >= 0.3 is 0 Å².